The van der Waals surface area contributed by atoms with E-state index in [4.69, 9.17) is 9.47 Å². The summed E-state index contributed by atoms with van der Waals surface area (Å²) >= 11 is 1.35. The highest BCUT2D eigenvalue weighted by molar-refractivity contribution is 8.00. The molecule has 1 heterocycles. The summed E-state index contributed by atoms with van der Waals surface area (Å²) < 4.78 is 10.7. The summed E-state index contributed by atoms with van der Waals surface area (Å²) in [7, 11) is 3.06. The number of benzene rings is 4. The van der Waals surface area contributed by atoms with Crippen LogP contribution in [0.3, 0.4) is 0 Å². The number of amides is 3. The van der Waals surface area contributed by atoms with Crippen molar-refractivity contribution < 1.29 is 23.9 Å². The molecule has 3 N–H and O–H groups in total. The van der Waals surface area contributed by atoms with Gasteiger partial charge in [-0.3, -0.25) is 19.4 Å². The molecule has 1 unspecified atom stereocenters. The van der Waals surface area contributed by atoms with Gasteiger partial charge in [-0.15, -0.1) is 11.8 Å². The molecule has 3 amide bonds. The van der Waals surface area contributed by atoms with Crippen LogP contribution in [-0.2, 0) is 9.59 Å². The number of aromatic nitrogens is 1. The molecule has 236 valence electrons. The van der Waals surface area contributed by atoms with Gasteiger partial charge in [-0.2, -0.15) is 0 Å². The van der Waals surface area contributed by atoms with Crippen molar-refractivity contribution >= 4 is 46.9 Å². The van der Waals surface area contributed by atoms with E-state index in [0.717, 1.165) is 10.5 Å². The SMILES string of the molecule is COc1ccc(/C=C(/NC(=O)c2ccccc2)C(=O)Nc2cccc(SC(C(=O)Nc3ccncc3)c3ccccc3)c2)cc1OC. The highest BCUT2D eigenvalue weighted by atomic mass is 32.2. The van der Waals surface area contributed by atoms with Gasteiger partial charge in [0.15, 0.2) is 11.5 Å². The lowest BCUT2D eigenvalue weighted by molar-refractivity contribution is -0.116. The molecule has 5 rings (SSSR count). The zero-order valence-corrected chi connectivity index (χ0v) is 26.5. The molecule has 0 aliphatic carbocycles. The first kappa shape index (κ1) is 32.5. The van der Waals surface area contributed by atoms with Crippen molar-refractivity contribution in [3.8, 4) is 11.5 Å². The molecule has 0 radical (unpaired) electrons. The maximum absolute atomic E-state index is 13.7. The molecule has 0 saturated carbocycles. The number of nitrogens with zero attached hydrogens (tertiary/aromatic N) is 1. The standard InChI is InChI=1S/C37H32N4O5S/c1-45-32-17-16-25(23-33(32)46-2)22-31(41-35(42)27-12-7-4-8-13-27)36(43)40-29-14-9-15-30(24-29)47-34(26-10-5-3-6-11-26)37(44)39-28-18-20-38-21-19-28/h3-24,34H,1-2H3,(H,40,43)(H,41,42)(H,38,39,44)/b31-22+. The summed E-state index contributed by atoms with van der Waals surface area (Å²) in [6.45, 7) is 0. The van der Waals surface area contributed by atoms with Gasteiger partial charge in [0.25, 0.3) is 11.8 Å². The number of pyridine rings is 1. The number of methoxy groups -OCH3 is 2. The van der Waals surface area contributed by atoms with Crippen LogP contribution in [0.5, 0.6) is 11.5 Å². The lowest BCUT2D eigenvalue weighted by Crippen LogP contribution is -2.30. The summed E-state index contributed by atoms with van der Waals surface area (Å²) in [6.07, 6.45) is 4.79. The summed E-state index contributed by atoms with van der Waals surface area (Å²) in [5.41, 5.74) is 2.96. The average Bonchev–Trinajstić information content (AvgIpc) is 3.11. The minimum Gasteiger partial charge on any atom is -0.493 e. The zero-order chi connectivity index (χ0) is 33.0. The first-order valence-electron chi connectivity index (χ1n) is 14.6. The third-order valence-electron chi connectivity index (χ3n) is 6.88. The van der Waals surface area contributed by atoms with Gasteiger partial charge in [0, 0.05) is 34.2 Å². The quantitative estimate of drug-likeness (QED) is 0.0991. The van der Waals surface area contributed by atoms with E-state index < -0.39 is 17.1 Å². The Hall–Kier alpha value is -5.87. The first-order chi connectivity index (χ1) is 22.9. The molecule has 4 aromatic carbocycles. The highest BCUT2D eigenvalue weighted by Gasteiger charge is 2.23. The predicted octanol–water partition coefficient (Wildman–Crippen LogP) is 6.98. The van der Waals surface area contributed by atoms with Crippen LogP contribution in [0.4, 0.5) is 11.4 Å². The molecule has 47 heavy (non-hydrogen) atoms. The Morgan fingerprint density at radius 2 is 1.43 bits per heavy atom. The van der Waals surface area contributed by atoms with Crippen molar-refractivity contribution in [2.24, 2.45) is 0 Å². The second-order valence-electron chi connectivity index (χ2n) is 10.1. The number of anilines is 2. The molecule has 1 atom stereocenters. The molecule has 5 aromatic rings. The predicted molar refractivity (Wildman–Crippen MR) is 184 cm³/mol. The lowest BCUT2D eigenvalue weighted by atomic mass is 10.1. The van der Waals surface area contributed by atoms with Gasteiger partial charge in [0.1, 0.15) is 10.9 Å². The van der Waals surface area contributed by atoms with E-state index in [1.807, 2.05) is 36.4 Å². The van der Waals surface area contributed by atoms with Crippen molar-refractivity contribution in [3.63, 3.8) is 0 Å². The molecule has 1 aromatic heterocycles. The Balaban J connectivity index is 1.40. The second-order valence-corrected chi connectivity index (χ2v) is 11.3. The molecule has 0 saturated heterocycles. The number of rotatable bonds is 12. The van der Waals surface area contributed by atoms with E-state index in [9.17, 15) is 14.4 Å². The zero-order valence-electron chi connectivity index (χ0n) is 25.7. The van der Waals surface area contributed by atoms with Gasteiger partial charge in [0.05, 0.1) is 14.2 Å². The Kier molecular flexibility index (Phi) is 11.0. The Bertz CT molecular complexity index is 1870. The third-order valence-corrected chi connectivity index (χ3v) is 8.13. The van der Waals surface area contributed by atoms with E-state index >= 15 is 0 Å². The van der Waals surface area contributed by atoms with Crippen LogP contribution in [-0.4, -0.2) is 36.9 Å². The molecule has 0 bridgehead atoms. The van der Waals surface area contributed by atoms with E-state index in [-0.39, 0.29) is 11.6 Å². The van der Waals surface area contributed by atoms with Crippen LogP contribution in [0.25, 0.3) is 6.08 Å². The summed E-state index contributed by atoms with van der Waals surface area (Å²) in [4.78, 5) is 45.0. The number of carbonyl (C=O) groups is 3. The Morgan fingerprint density at radius 1 is 0.723 bits per heavy atom. The Morgan fingerprint density at radius 3 is 2.13 bits per heavy atom. The van der Waals surface area contributed by atoms with Crippen LogP contribution < -0.4 is 25.4 Å². The number of thioether (sulfide) groups is 1. The minimum atomic E-state index is -0.582. The smallest absolute Gasteiger partial charge is 0.272 e. The van der Waals surface area contributed by atoms with E-state index in [0.29, 0.717) is 34.0 Å². The number of hydrogen-bond acceptors (Lipinski definition) is 7. The number of nitrogens with one attached hydrogen (secondary N) is 3. The lowest BCUT2D eigenvalue weighted by Gasteiger charge is -2.18. The minimum absolute atomic E-state index is 0.0167. The molecule has 0 aliphatic heterocycles. The van der Waals surface area contributed by atoms with Gasteiger partial charge in [0.2, 0.25) is 5.91 Å². The van der Waals surface area contributed by atoms with Crippen LogP contribution in [0, 0.1) is 0 Å². The van der Waals surface area contributed by atoms with Crippen molar-refractivity contribution in [1.82, 2.24) is 10.3 Å². The Labute approximate surface area is 277 Å². The largest absolute Gasteiger partial charge is 0.493 e. The molecular formula is C37H32N4O5S. The molecule has 10 heteroatoms. The summed E-state index contributed by atoms with van der Waals surface area (Å²) in [5.74, 6) is -0.183. The van der Waals surface area contributed by atoms with Crippen LogP contribution in [0.1, 0.15) is 26.7 Å². The van der Waals surface area contributed by atoms with Crippen LogP contribution in [0.2, 0.25) is 0 Å². The van der Waals surface area contributed by atoms with Gasteiger partial charge >= 0.3 is 0 Å². The molecule has 9 nitrogen and oxygen atoms in total. The fraction of sp³-hybridized carbons (Fsp3) is 0.0811. The molecule has 0 spiro atoms. The third kappa shape index (κ3) is 8.86. The van der Waals surface area contributed by atoms with Crippen LogP contribution >= 0.6 is 11.8 Å². The van der Waals surface area contributed by atoms with E-state index in [1.165, 1.54) is 26.0 Å². The topological polar surface area (TPSA) is 119 Å². The van der Waals surface area contributed by atoms with E-state index in [2.05, 4.69) is 20.9 Å². The van der Waals surface area contributed by atoms with Gasteiger partial charge in [-0.25, -0.2) is 0 Å². The monoisotopic (exact) mass is 644 g/mol. The highest BCUT2D eigenvalue weighted by Crippen LogP contribution is 2.37. The summed E-state index contributed by atoms with van der Waals surface area (Å²) in [5, 5.41) is 8.02. The maximum atomic E-state index is 13.7. The number of hydrogen-bond donors (Lipinski definition) is 3. The fourth-order valence-electron chi connectivity index (χ4n) is 4.58. The van der Waals surface area contributed by atoms with Crippen molar-refractivity contribution in [3.05, 3.63) is 150 Å². The van der Waals surface area contributed by atoms with Gasteiger partial charge in [-0.05, 0) is 71.8 Å². The molecule has 0 fully saturated rings. The molecule has 0 aliphatic rings. The fourth-order valence-corrected chi connectivity index (χ4v) is 5.66. The van der Waals surface area contributed by atoms with Crippen LogP contribution in [0.15, 0.2) is 138 Å². The van der Waals surface area contributed by atoms with Gasteiger partial charge in [-0.1, -0.05) is 60.7 Å². The number of ether oxygens (including phenoxy) is 2. The van der Waals surface area contributed by atoms with Crippen molar-refractivity contribution in [2.75, 3.05) is 24.9 Å². The van der Waals surface area contributed by atoms with Crippen molar-refractivity contribution in [1.29, 1.82) is 0 Å². The normalized spacial score (nSPS) is 11.6. The number of carbonyl (C=O) groups excluding carboxylic acids is 3. The van der Waals surface area contributed by atoms with Gasteiger partial charge < -0.3 is 25.4 Å². The average molecular weight is 645 g/mol. The van der Waals surface area contributed by atoms with E-state index in [1.54, 1.807) is 97.3 Å². The first-order valence-corrected chi connectivity index (χ1v) is 15.5. The molecular weight excluding hydrogens is 612 g/mol. The summed E-state index contributed by atoms with van der Waals surface area (Å²) in [6, 6.07) is 33.9. The maximum Gasteiger partial charge on any atom is 0.272 e. The second kappa shape index (κ2) is 15.9. The van der Waals surface area contributed by atoms with Crippen molar-refractivity contribution in [2.45, 2.75) is 10.1 Å².